The van der Waals surface area contributed by atoms with E-state index in [0.717, 1.165) is 0 Å². The second-order valence-corrected chi connectivity index (χ2v) is 7.67. The summed E-state index contributed by atoms with van der Waals surface area (Å²) in [4.78, 5) is 0. The summed E-state index contributed by atoms with van der Waals surface area (Å²) < 4.78 is 2.36. The summed E-state index contributed by atoms with van der Waals surface area (Å²) in [6.07, 6.45) is 6.88. The summed E-state index contributed by atoms with van der Waals surface area (Å²) in [6.45, 7) is 4.49. The van der Waals surface area contributed by atoms with E-state index in [1.807, 2.05) is 0 Å². The molecule has 1 aliphatic rings. The molecule has 0 bridgehead atoms. The number of hydrogen-bond donors (Lipinski definition) is 0. The van der Waals surface area contributed by atoms with E-state index in [1.165, 1.54) is 38.6 Å². The molecule has 4 aromatic rings. The van der Waals surface area contributed by atoms with Crippen molar-refractivity contribution in [3.63, 3.8) is 0 Å². The molecular weight excluding hydrogens is 314 g/mol. The lowest BCUT2D eigenvalue weighted by atomic mass is 9.95. The number of rotatable bonds is 2. The van der Waals surface area contributed by atoms with Crippen LogP contribution in [0.15, 0.2) is 91.0 Å². The molecule has 1 nitrogen and oxygen atoms in total. The second kappa shape index (κ2) is 5.47. The van der Waals surface area contributed by atoms with Gasteiger partial charge in [-0.3, -0.25) is 0 Å². The molecule has 0 fully saturated rings. The fourth-order valence-corrected chi connectivity index (χ4v) is 3.99. The third kappa shape index (κ3) is 2.32. The smallest absolute Gasteiger partial charge is 0.0541 e. The Morgan fingerprint density at radius 2 is 1.46 bits per heavy atom. The molecule has 26 heavy (non-hydrogen) atoms. The van der Waals surface area contributed by atoms with E-state index in [-0.39, 0.29) is 5.41 Å². The fraction of sp³-hybridized carbons (Fsp3) is 0.120. The van der Waals surface area contributed by atoms with Crippen LogP contribution in [-0.4, -0.2) is 4.57 Å². The van der Waals surface area contributed by atoms with Gasteiger partial charge in [0.15, 0.2) is 0 Å². The Labute approximate surface area is 153 Å². The Morgan fingerprint density at radius 3 is 2.23 bits per heavy atom. The highest BCUT2D eigenvalue weighted by Crippen LogP contribution is 2.37. The predicted octanol–water partition coefficient (Wildman–Crippen LogP) is 6.76. The van der Waals surface area contributed by atoms with Crippen LogP contribution in [0.5, 0.6) is 0 Å². The molecule has 0 radical (unpaired) electrons. The fourth-order valence-electron chi connectivity index (χ4n) is 3.99. The number of benzene rings is 3. The summed E-state index contributed by atoms with van der Waals surface area (Å²) in [7, 11) is 0. The predicted molar refractivity (Wildman–Crippen MR) is 112 cm³/mol. The van der Waals surface area contributed by atoms with Gasteiger partial charge in [0.1, 0.15) is 0 Å². The number of allylic oxidation sites excluding steroid dienone is 4. The standard InChI is InChI=1S/C25H21N/c1-25(2)15-14-19(17-25)18-12-13-24-22(16-18)21-10-6-7-11-23(21)26(24)20-8-4-3-5-9-20/h3-17H,1-2H3. The van der Waals surface area contributed by atoms with Crippen molar-refractivity contribution in [2.75, 3.05) is 0 Å². The summed E-state index contributed by atoms with van der Waals surface area (Å²) >= 11 is 0. The number of nitrogens with zero attached hydrogens (tertiary/aromatic N) is 1. The maximum Gasteiger partial charge on any atom is 0.0541 e. The minimum atomic E-state index is 0.141. The summed E-state index contributed by atoms with van der Waals surface area (Å²) in [5.74, 6) is 0. The van der Waals surface area contributed by atoms with E-state index in [2.05, 4.69) is 109 Å². The maximum absolute atomic E-state index is 2.36. The van der Waals surface area contributed by atoms with Gasteiger partial charge in [-0.2, -0.15) is 0 Å². The van der Waals surface area contributed by atoms with Gasteiger partial charge in [-0.1, -0.05) is 74.5 Å². The quantitative estimate of drug-likeness (QED) is 0.381. The highest BCUT2D eigenvalue weighted by molar-refractivity contribution is 6.10. The number of para-hydroxylation sites is 2. The van der Waals surface area contributed by atoms with Gasteiger partial charge in [-0.25, -0.2) is 0 Å². The molecule has 3 aromatic carbocycles. The summed E-state index contributed by atoms with van der Waals surface area (Å²) in [6, 6.07) is 26.1. The van der Waals surface area contributed by atoms with Crippen molar-refractivity contribution in [1.29, 1.82) is 0 Å². The topological polar surface area (TPSA) is 4.93 Å². The second-order valence-electron chi connectivity index (χ2n) is 7.67. The van der Waals surface area contributed by atoms with Crippen LogP contribution in [0, 0.1) is 5.41 Å². The zero-order valence-electron chi connectivity index (χ0n) is 15.1. The molecule has 0 N–H and O–H groups in total. The van der Waals surface area contributed by atoms with Crippen molar-refractivity contribution in [1.82, 2.24) is 4.57 Å². The van der Waals surface area contributed by atoms with Crippen LogP contribution in [0.2, 0.25) is 0 Å². The van der Waals surface area contributed by atoms with Crippen LogP contribution < -0.4 is 0 Å². The molecule has 1 heteroatoms. The van der Waals surface area contributed by atoms with Gasteiger partial charge in [-0.05, 0) is 41.5 Å². The van der Waals surface area contributed by atoms with Crippen LogP contribution >= 0.6 is 0 Å². The first-order valence-corrected chi connectivity index (χ1v) is 9.13. The van der Waals surface area contributed by atoms with Crippen LogP contribution in [0.4, 0.5) is 0 Å². The number of aromatic nitrogens is 1. The van der Waals surface area contributed by atoms with Crippen molar-refractivity contribution in [2.24, 2.45) is 5.41 Å². The highest BCUT2D eigenvalue weighted by Gasteiger charge is 2.19. The lowest BCUT2D eigenvalue weighted by molar-refractivity contribution is 0.637. The molecular formula is C25H21N. The molecule has 0 unspecified atom stereocenters. The van der Waals surface area contributed by atoms with E-state index >= 15 is 0 Å². The van der Waals surface area contributed by atoms with E-state index < -0.39 is 0 Å². The molecule has 1 aromatic heterocycles. The zero-order valence-corrected chi connectivity index (χ0v) is 15.1. The van der Waals surface area contributed by atoms with Crippen LogP contribution in [0.3, 0.4) is 0 Å². The Hall–Kier alpha value is -3.06. The molecule has 0 spiro atoms. The van der Waals surface area contributed by atoms with Gasteiger partial charge in [0.2, 0.25) is 0 Å². The average molecular weight is 335 g/mol. The van der Waals surface area contributed by atoms with E-state index in [4.69, 9.17) is 0 Å². The Bertz CT molecular complexity index is 1190. The van der Waals surface area contributed by atoms with Gasteiger partial charge in [-0.15, -0.1) is 0 Å². The largest absolute Gasteiger partial charge is 0.309 e. The normalized spacial score (nSPS) is 15.7. The number of hydrogen-bond acceptors (Lipinski definition) is 0. The van der Waals surface area contributed by atoms with Gasteiger partial charge >= 0.3 is 0 Å². The molecule has 0 aliphatic heterocycles. The SMILES string of the molecule is CC1(C)C=CC(c2ccc3c(c2)c2ccccc2n3-c2ccccc2)=C1. The summed E-state index contributed by atoms with van der Waals surface area (Å²) in [5, 5.41) is 2.61. The van der Waals surface area contributed by atoms with Gasteiger partial charge in [0.25, 0.3) is 0 Å². The van der Waals surface area contributed by atoms with Crippen LogP contribution in [-0.2, 0) is 0 Å². The maximum atomic E-state index is 2.36. The van der Waals surface area contributed by atoms with Crippen molar-refractivity contribution in [2.45, 2.75) is 13.8 Å². The Kier molecular flexibility index (Phi) is 3.20. The monoisotopic (exact) mass is 335 g/mol. The molecule has 0 atom stereocenters. The van der Waals surface area contributed by atoms with Gasteiger partial charge < -0.3 is 4.57 Å². The van der Waals surface area contributed by atoms with Crippen molar-refractivity contribution < 1.29 is 0 Å². The molecule has 5 rings (SSSR count). The molecule has 1 heterocycles. The molecule has 0 saturated carbocycles. The third-order valence-corrected chi connectivity index (χ3v) is 5.24. The molecule has 1 aliphatic carbocycles. The Morgan fingerprint density at radius 1 is 0.731 bits per heavy atom. The minimum Gasteiger partial charge on any atom is -0.309 e. The lowest BCUT2D eigenvalue weighted by Gasteiger charge is -2.10. The van der Waals surface area contributed by atoms with E-state index in [0.29, 0.717) is 0 Å². The highest BCUT2D eigenvalue weighted by atomic mass is 15.0. The first-order valence-electron chi connectivity index (χ1n) is 9.13. The molecule has 0 saturated heterocycles. The molecule has 0 amide bonds. The van der Waals surface area contributed by atoms with Crippen molar-refractivity contribution in [3.05, 3.63) is 96.6 Å². The van der Waals surface area contributed by atoms with E-state index in [1.54, 1.807) is 0 Å². The lowest BCUT2D eigenvalue weighted by Crippen LogP contribution is -1.98. The summed E-state index contributed by atoms with van der Waals surface area (Å²) in [5.41, 5.74) is 6.45. The van der Waals surface area contributed by atoms with Crippen LogP contribution in [0.25, 0.3) is 33.1 Å². The van der Waals surface area contributed by atoms with Gasteiger partial charge in [0, 0.05) is 21.9 Å². The third-order valence-electron chi connectivity index (χ3n) is 5.24. The number of fused-ring (bicyclic) bond motifs is 3. The first-order chi connectivity index (χ1) is 12.6. The Balaban J connectivity index is 1.81. The zero-order chi connectivity index (χ0) is 17.7. The van der Waals surface area contributed by atoms with E-state index in [9.17, 15) is 0 Å². The molecule has 126 valence electrons. The van der Waals surface area contributed by atoms with Crippen molar-refractivity contribution in [3.8, 4) is 5.69 Å². The minimum absolute atomic E-state index is 0.141. The van der Waals surface area contributed by atoms with Crippen molar-refractivity contribution >= 4 is 27.4 Å². The van der Waals surface area contributed by atoms with Crippen LogP contribution in [0.1, 0.15) is 19.4 Å². The van der Waals surface area contributed by atoms with Gasteiger partial charge in [0.05, 0.1) is 11.0 Å². The first kappa shape index (κ1) is 15.2. The average Bonchev–Trinajstić information content (AvgIpc) is 3.19.